The lowest BCUT2D eigenvalue weighted by Crippen LogP contribution is -3.00. The first-order valence-electron chi connectivity index (χ1n) is 3.83. The molecule has 68 valence electrons. The molecule has 0 spiro atoms. The van der Waals surface area contributed by atoms with E-state index in [9.17, 15) is 0 Å². The predicted octanol–water partition coefficient (Wildman–Crippen LogP) is -0.949. The zero-order valence-electron chi connectivity index (χ0n) is 8.32. The van der Waals surface area contributed by atoms with E-state index in [4.69, 9.17) is 0 Å². The molecule has 0 unspecified atom stereocenters. The van der Waals surface area contributed by atoms with Gasteiger partial charge in [-0.1, -0.05) is 6.58 Å². The second kappa shape index (κ2) is 5.14. The third-order valence-electron chi connectivity index (χ3n) is 2.08. The topological polar surface area (TPSA) is 0 Å². The molecule has 0 heterocycles. The number of quaternary nitrogens is 1. The third-order valence-corrected chi connectivity index (χ3v) is 2.08. The van der Waals surface area contributed by atoms with Crippen molar-refractivity contribution in [2.45, 2.75) is 26.8 Å². The molecule has 0 amide bonds. The number of halogens is 1. The molecule has 0 aromatic rings. The Morgan fingerprint density at radius 1 is 1.36 bits per heavy atom. The Bertz CT molecular complexity index is 128. The molecule has 0 atom stereocenters. The molecule has 0 N–H and O–H groups in total. The quantitative estimate of drug-likeness (QED) is 0.352. The SMILES string of the molecule is C=C(C)C[N+](C)(C)C(C)C.[I-]. The van der Waals surface area contributed by atoms with Crippen molar-refractivity contribution in [1.82, 2.24) is 0 Å². The van der Waals surface area contributed by atoms with Gasteiger partial charge >= 0.3 is 0 Å². The average Bonchev–Trinajstić information content (AvgIpc) is 1.60. The van der Waals surface area contributed by atoms with Crippen LogP contribution in [0.25, 0.3) is 0 Å². The highest BCUT2D eigenvalue weighted by Crippen LogP contribution is 2.07. The van der Waals surface area contributed by atoms with Crippen LogP contribution in [-0.2, 0) is 0 Å². The van der Waals surface area contributed by atoms with E-state index in [1.807, 2.05) is 0 Å². The molecule has 0 aromatic heterocycles. The molecule has 0 bridgehead atoms. The van der Waals surface area contributed by atoms with E-state index >= 15 is 0 Å². The normalized spacial score (nSPS) is 11.1. The van der Waals surface area contributed by atoms with E-state index < -0.39 is 0 Å². The molecule has 2 heteroatoms. The Labute approximate surface area is 88.1 Å². The van der Waals surface area contributed by atoms with Crippen molar-refractivity contribution in [1.29, 1.82) is 0 Å². The van der Waals surface area contributed by atoms with Crippen molar-refractivity contribution in [3.05, 3.63) is 12.2 Å². The Balaban J connectivity index is 0. The lowest BCUT2D eigenvalue weighted by atomic mass is 10.2. The summed E-state index contributed by atoms with van der Waals surface area (Å²) in [6.45, 7) is 11.6. The number of nitrogens with zero attached hydrogens (tertiary/aromatic N) is 1. The fourth-order valence-corrected chi connectivity index (χ4v) is 0.878. The van der Waals surface area contributed by atoms with Gasteiger partial charge in [0.2, 0.25) is 0 Å². The lowest BCUT2D eigenvalue weighted by molar-refractivity contribution is -0.906. The van der Waals surface area contributed by atoms with Crippen LogP contribution in [-0.4, -0.2) is 31.2 Å². The number of hydrogen-bond donors (Lipinski definition) is 0. The first kappa shape index (κ1) is 14.0. The van der Waals surface area contributed by atoms with Crippen molar-refractivity contribution >= 4 is 0 Å². The highest BCUT2D eigenvalue weighted by molar-refractivity contribution is 4.87. The molecule has 0 aliphatic rings. The first-order valence-corrected chi connectivity index (χ1v) is 3.83. The molecule has 0 aromatic carbocycles. The van der Waals surface area contributed by atoms with E-state index in [0.717, 1.165) is 11.0 Å². The third kappa shape index (κ3) is 5.67. The van der Waals surface area contributed by atoms with E-state index in [2.05, 4.69) is 41.4 Å². The van der Waals surface area contributed by atoms with E-state index in [1.54, 1.807) is 0 Å². The maximum atomic E-state index is 3.91. The number of hydrogen-bond acceptors (Lipinski definition) is 0. The summed E-state index contributed by atoms with van der Waals surface area (Å²) in [4.78, 5) is 0. The number of likely N-dealkylation sites (N-methyl/N-ethyl adjacent to an activating group) is 1. The minimum Gasteiger partial charge on any atom is -1.00 e. The maximum absolute atomic E-state index is 3.91. The first-order chi connectivity index (χ1) is 4.36. The van der Waals surface area contributed by atoms with Gasteiger partial charge in [-0.25, -0.2) is 0 Å². The fourth-order valence-electron chi connectivity index (χ4n) is 0.878. The van der Waals surface area contributed by atoms with Crippen molar-refractivity contribution in [3.8, 4) is 0 Å². The molecule has 0 saturated heterocycles. The molecular weight excluding hydrogens is 249 g/mol. The molecule has 0 aliphatic carbocycles. The monoisotopic (exact) mass is 269 g/mol. The van der Waals surface area contributed by atoms with Gasteiger partial charge in [0.05, 0.1) is 26.7 Å². The van der Waals surface area contributed by atoms with Gasteiger partial charge in [-0.2, -0.15) is 0 Å². The summed E-state index contributed by atoms with van der Waals surface area (Å²) in [5.41, 5.74) is 1.26. The summed E-state index contributed by atoms with van der Waals surface area (Å²) in [6.07, 6.45) is 0. The largest absolute Gasteiger partial charge is 1.00 e. The predicted molar refractivity (Wildman–Crippen MR) is 46.9 cm³/mol. The Hall–Kier alpha value is 0.430. The van der Waals surface area contributed by atoms with Crippen molar-refractivity contribution in [3.63, 3.8) is 0 Å². The Kier molecular flexibility index (Phi) is 6.54. The minimum atomic E-state index is 0. The molecule has 1 nitrogen and oxygen atoms in total. The van der Waals surface area contributed by atoms with Crippen LogP contribution in [0, 0.1) is 0 Å². The molecule has 0 radical (unpaired) electrons. The summed E-state index contributed by atoms with van der Waals surface area (Å²) < 4.78 is 1.04. The van der Waals surface area contributed by atoms with E-state index in [-0.39, 0.29) is 24.0 Å². The maximum Gasteiger partial charge on any atom is 0.0995 e. The number of rotatable bonds is 3. The Morgan fingerprint density at radius 2 is 1.73 bits per heavy atom. The van der Waals surface area contributed by atoms with Crippen molar-refractivity contribution in [2.75, 3.05) is 20.6 Å². The molecule has 11 heavy (non-hydrogen) atoms. The summed E-state index contributed by atoms with van der Waals surface area (Å²) in [5, 5.41) is 0. The van der Waals surface area contributed by atoms with E-state index in [1.165, 1.54) is 5.57 Å². The van der Waals surface area contributed by atoms with Crippen molar-refractivity contribution in [2.24, 2.45) is 0 Å². The van der Waals surface area contributed by atoms with Gasteiger partial charge in [0, 0.05) is 0 Å². The van der Waals surface area contributed by atoms with Crippen molar-refractivity contribution < 1.29 is 28.5 Å². The zero-order chi connectivity index (χ0) is 8.36. The van der Waals surface area contributed by atoms with Crippen LogP contribution in [0.4, 0.5) is 0 Å². The summed E-state index contributed by atoms with van der Waals surface area (Å²) in [6, 6.07) is 0.677. The molecule has 0 aliphatic heterocycles. The van der Waals surface area contributed by atoms with Crippen LogP contribution in [0.2, 0.25) is 0 Å². The van der Waals surface area contributed by atoms with Crippen LogP contribution < -0.4 is 24.0 Å². The van der Waals surface area contributed by atoms with Crippen LogP contribution >= 0.6 is 0 Å². The van der Waals surface area contributed by atoms with Gasteiger partial charge in [-0.3, -0.25) is 0 Å². The minimum absolute atomic E-state index is 0. The lowest BCUT2D eigenvalue weighted by Gasteiger charge is -2.34. The van der Waals surface area contributed by atoms with E-state index in [0.29, 0.717) is 6.04 Å². The highest BCUT2D eigenvalue weighted by atomic mass is 127. The van der Waals surface area contributed by atoms with Crippen LogP contribution in [0.5, 0.6) is 0 Å². The fraction of sp³-hybridized carbons (Fsp3) is 0.778. The highest BCUT2D eigenvalue weighted by Gasteiger charge is 2.18. The summed E-state index contributed by atoms with van der Waals surface area (Å²) in [5.74, 6) is 0. The molecular formula is C9H20IN. The zero-order valence-corrected chi connectivity index (χ0v) is 10.5. The van der Waals surface area contributed by atoms with Crippen LogP contribution in [0.1, 0.15) is 20.8 Å². The second-order valence-corrected chi connectivity index (χ2v) is 3.99. The summed E-state index contributed by atoms with van der Waals surface area (Å²) in [7, 11) is 4.47. The van der Waals surface area contributed by atoms with Crippen LogP contribution in [0.15, 0.2) is 12.2 Å². The molecule has 0 rings (SSSR count). The van der Waals surface area contributed by atoms with Gasteiger partial charge in [-0.15, -0.1) is 0 Å². The summed E-state index contributed by atoms with van der Waals surface area (Å²) >= 11 is 0. The van der Waals surface area contributed by atoms with Gasteiger partial charge in [-0.05, 0) is 26.3 Å². The smallest absolute Gasteiger partial charge is 0.0995 e. The standard InChI is InChI=1S/C9H20N.HI/c1-8(2)7-10(5,6)9(3)4;/h9H,1,7H2,2-6H3;1H/q+1;/p-1. The van der Waals surface area contributed by atoms with Gasteiger partial charge in [0.25, 0.3) is 0 Å². The second-order valence-electron chi connectivity index (χ2n) is 3.99. The average molecular weight is 269 g/mol. The van der Waals surface area contributed by atoms with Gasteiger partial charge < -0.3 is 28.5 Å². The van der Waals surface area contributed by atoms with Crippen LogP contribution in [0.3, 0.4) is 0 Å². The Morgan fingerprint density at radius 3 is 1.82 bits per heavy atom. The van der Waals surface area contributed by atoms with Gasteiger partial charge in [0.15, 0.2) is 0 Å². The molecule has 0 saturated carbocycles. The van der Waals surface area contributed by atoms with Gasteiger partial charge in [0.1, 0.15) is 0 Å². The molecule has 0 fully saturated rings.